The van der Waals surface area contributed by atoms with Crippen LogP contribution in [-0.2, 0) is 6.54 Å². The van der Waals surface area contributed by atoms with Crippen LogP contribution in [0.4, 0.5) is 22.0 Å². The number of urea groups is 1. The smallest absolute Gasteiger partial charge is 0.319 e. The largest absolute Gasteiger partial charge is 0.377 e. The van der Waals surface area contributed by atoms with Crippen molar-refractivity contribution in [3.05, 3.63) is 59.1 Å². The van der Waals surface area contributed by atoms with Crippen molar-refractivity contribution >= 4 is 45.7 Å². The Balaban J connectivity index is 1.49. The zero-order valence-corrected chi connectivity index (χ0v) is 19.8. The number of primary amides is 1. The molecule has 1 aromatic heterocycles. The maximum absolute atomic E-state index is 12.4. The molecule has 0 saturated heterocycles. The molecule has 8 heteroatoms. The Bertz CT molecular complexity index is 1140. The number of anilines is 3. The van der Waals surface area contributed by atoms with Crippen LogP contribution in [0.15, 0.2) is 48.5 Å². The second kappa shape index (κ2) is 9.85. The zero-order chi connectivity index (χ0) is 23.5. The molecule has 5 N–H and O–H groups in total. The van der Waals surface area contributed by atoms with Gasteiger partial charge in [0.2, 0.25) is 0 Å². The molecule has 0 aliphatic heterocycles. The number of hydrogen-bond acceptors (Lipinski definition) is 5. The number of nitrogens with zero attached hydrogens (tertiary/aromatic N) is 3. The number of nitrogens with one attached hydrogen (secondary N) is 1. The maximum atomic E-state index is 12.4. The molecule has 2 aromatic carbocycles. The van der Waals surface area contributed by atoms with E-state index in [1.165, 1.54) is 0 Å². The summed E-state index contributed by atoms with van der Waals surface area (Å²) in [7, 11) is 4.09. The summed E-state index contributed by atoms with van der Waals surface area (Å²) < 4.78 is 0. The lowest BCUT2D eigenvalue weighted by Crippen LogP contribution is -2.47. The minimum atomic E-state index is -0.463. The van der Waals surface area contributed by atoms with Gasteiger partial charge in [0.15, 0.2) is 0 Å². The van der Waals surface area contributed by atoms with E-state index in [9.17, 15) is 4.79 Å². The number of carbonyl (C=O) groups is 1. The molecule has 2 amide bonds. The molecule has 0 bridgehead atoms. The van der Waals surface area contributed by atoms with Crippen molar-refractivity contribution in [1.82, 2.24) is 4.98 Å². The lowest BCUT2D eigenvalue weighted by molar-refractivity contribution is 0.248. The van der Waals surface area contributed by atoms with Crippen LogP contribution in [0.3, 0.4) is 0 Å². The summed E-state index contributed by atoms with van der Waals surface area (Å²) >= 11 is 6.12. The van der Waals surface area contributed by atoms with Crippen molar-refractivity contribution in [2.45, 2.75) is 44.3 Å². The fourth-order valence-corrected chi connectivity index (χ4v) is 4.93. The molecular formula is C25H31ClN6O. The van der Waals surface area contributed by atoms with Crippen molar-refractivity contribution in [3.8, 4) is 0 Å². The van der Waals surface area contributed by atoms with Gasteiger partial charge >= 0.3 is 6.03 Å². The van der Waals surface area contributed by atoms with Gasteiger partial charge in [0.05, 0.1) is 11.2 Å². The minimum Gasteiger partial charge on any atom is -0.377 e. The first-order chi connectivity index (χ1) is 15.9. The van der Waals surface area contributed by atoms with Crippen LogP contribution >= 0.6 is 11.6 Å². The molecule has 3 aromatic rings. The van der Waals surface area contributed by atoms with Gasteiger partial charge in [-0.1, -0.05) is 29.8 Å². The van der Waals surface area contributed by atoms with E-state index in [4.69, 9.17) is 28.1 Å². The molecule has 1 heterocycles. The van der Waals surface area contributed by atoms with Crippen LogP contribution in [-0.4, -0.2) is 37.2 Å². The molecule has 0 spiro atoms. The van der Waals surface area contributed by atoms with Crippen LogP contribution in [0.5, 0.6) is 0 Å². The number of aromatic nitrogens is 1. The van der Waals surface area contributed by atoms with Crippen molar-refractivity contribution in [2.24, 2.45) is 11.5 Å². The van der Waals surface area contributed by atoms with Gasteiger partial charge in [-0.15, -0.1) is 0 Å². The zero-order valence-electron chi connectivity index (χ0n) is 19.1. The molecule has 7 nitrogen and oxygen atoms in total. The topological polar surface area (TPSA) is 101 Å². The summed E-state index contributed by atoms with van der Waals surface area (Å²) in [5.41, 5.74) is 15.4. The van der Waals surface area contributed by atoms with Crippen LogP contribution in [0.2, 0.25) is 5.02 Å². The summed E-state index contributed by atoms with van der Waals surface area (Å²) in [5, 5.41) is 5.34. The number of pyridine rings is 1. The fraction of sp³-hybridized carbons (Fsp3) is 0.360. The molecule has 0 atom stereocenters. The maximum Gasteiger partial charge on any atom is 0.319 e. The molecule has 174 valence electrons. The number of hydrogen-bond donors (Lipinski definition) is 3. The Morgan fingerprint density at radius 2 is 1.82 bits per heavy atom. The van der Waals surface area contributed by atoms with Gasteiger partial charge in [0.1, 0.15) is 5.82 Å². The quantitative estimate of drug-likeness (QED) is 0.488. The highest BCUT2D eigenvalue weighted by atomic mass is 35.5. The highest BCUT2D eigenvalue weighted by Gasteiger charge is 2.30. The van der Waals surface area contributed by atoms with E-state index in [-0.39, 0.29) is 12.1 Å². The number of nitrogens with two attached hydrogens (primary N) is 2. The summed E-state index contributed by atoms with van der Waals surface area (Å²) in [6, 6.07) is 15.5. The van der Waals surface area contributed by atoms with E-state index in [0.29, 0.717) is 11.6 Å². The standard InChI is InChI=1S/C25H31ClN6O/c1-31(2)23-14-24(30-21-6-4-3-5-20(21)23)29-18-8-10-19(11-9-18)32(25(28)33)22-12-7-17(26)13-16(22)15-27/h3-7,12-14,18-19H,8-11,15,27H2,1-2H3,(H2,28,33)(H,29,30). The van der Waals surface area contributed by atoms with Crippen LogP contribution in [0, 0.1) is 0 Å². The number of benzene rings is 2. The molecule has 1 fully saturated rings. The molecule has 1 aliphatic rings. The Kier molecular flexibility index (Phi) is 6.91. The molecule has 0 unspecified atom stereocenters. The van der Waals surface area contributed by atoms with E-state index in [1.807, 2.05) is 38.4 Å². The number of para-hydroxylation sites is 1. The second-order valence-electron chi connectivity index (χ2n) is 8.77. The van der Waals surface area contributed by atoms with Crippen LogP contribution < -0.4 is 26.6 Å². The normalized spacial score (nSPS) is 18.2. The van der Waals surface area contributed by atoms with E-state index in [0.717, 1.165) is 59.3 Å². The predicted molar refractivity (Wildman–Crippen MR) is 137 cm³/mol. The molecule has 33 heavy (non-hydrogen) atoms. The van der Waals surface area contributed by atoms with Gasteiger partial charge in [-0.3, -0.25) is 4.90 Å². The van der Waals surface area contributed by atoms with Gasteiger partial charge in [-0.2, -0.15) is 0 Å². The number of amides is 2. The number of fused-ring (bicyclic) bond motifs is 1. The first kappa shape index (κ1) is 23.1. The SMILES string of the molecule is CN(C)c1cc(NC2CCC(N(C(N)=O)c3ccc(Cl)cc3CN)CC2)nc2ccccc12. The number of rotatable bonds is 6. The van der Waals surface area contributed by atoms with Gasteiger partial charge < -0.3 is 21.7 Å². The Morgan fingerprint density at radius 3 is 2.48 bits per heavy atom. The minimum absolute atomic E-state index is 0.0222. The predicted octanol–water partition coefficient (Wildman–Crippen LogP) is 4.72. The van der Waals surface area contributed by atoms with Gasteiger partial charge in [0, 0.05) is 54.9 Å². The lowest BCUT2D eigenvalue weighted by Gasteiger charge is -2.37. The van der Waals surface area contributed by atoms with E-state index < -0.39 is 6.03 Å². The van der Waals surface area contributed by atoms with Gasteiger partial charge in [-0.05, 0) is 55.5 Å². The number of halogens is 1. The molecule has 0 radical (unpaired) electrons. The molecule has 4 rings (SSSR count). The number of carbonyl (C=O) groups excluding carboxylic acids is 1. The lowest BCUT2D eigenvalue weighted by atomic mass is 9.89. The first-order valence-corrected chi connectivity index (χ1v) is 11.7. The molecule has 1 saturated carbocycles. The third-order valence-corrected chi connectivity index (χ3v) is 6.58. The van der Waals surface area contributed by atoms with Crippen LogP contribution in [0.25, 0.3) is 10.9 Å². The highest BCUT2D eigenvalue weighted by molar-refractivity contribution is 6.30. The monoisotopic (exact) mass is 466 g/mol. The molecular weight excluding hydrogens is 436 g/mol. The van der Waals surface area contributed by atoms with Gasteiger partial charge in [0.25, 0.3) is 0 Å². The van der Waals surface area contributed by atoms with E-state index in [2.05, 4.69) is 22.3 Å². The van der Waals surface area contributed by atoms with Crippen molar-refractivity contribution in [2.75, 3.05) is 29.2 Å². The summed E-state index contributed by atoms with van der Waals surface area (Å²) in [4.78, 5) is 21.0. The third-order valence-electron chi connectivity index (χ3n) is 6.35. The average molecular weight is 467 g/mol. The first-order valence-electron chi connectivity index (χ1n) is 11.3. The fourth-order valence-electron chi connectivity index (χ4n) is 4.74. The van der Waals surface area contributed by atoms with Crippen molar-refractivity contribution in [1.29, 1.82) is 0 Å². The Hall–Kier alpha value is -3.03. The van der Waals surface area contributed by atoms with Crippen molar-refractivity contribution in [3.63, 3.8) is 0 Å². The second-order valence-corrected chi connectivity index (χ2v) is 9.21. The Labute approximate surface area is 199 Å². The van der Waals surface area contributed by atoms with Gasteiger partial charge in [-0.25, -0.2) is 9.78 Å². The third kappa shape index (κ3) is 4.99. The van der Waals surface area contributed by atoms with Crippen molar-refractivity contribution < 1.29 is 4.79 Å². The summed E-state index contributed by atoms with van der Waals surface area (Å²) in [5.74, 6) is 0.871. The molecule has 1 aliphatic carbocycles. The summed E-state index contributed by atoms with van der Waals surface area (Å²) in [6.07, 6.45) is 3.49. The Morgan fingerprint density at radius 1 is 1.09 bits per heavy atom. The van der Waals surface area contributed by atoms with E-state index >= 15 is 0 Å². The summed E-state index contributed by atoms with van der Waals surface area (Å²) in [6.45, 7) is 0.290. The average Bonchev–Trinajstić information content (AvgIpc) is 2.80. The highest BCUT2D eigenvalue weighted by Crippen LogP contribution is 2.33. The van der Waals surface area contributed by atoms with E-state index in [1.54, 1.807) is 17.0 Å². The van der Waals surface area contributed by atoms with Crippen LogP contribution in [0.1, 0.15) is 31.2 Å².